The standard InChI is InChI=1S/C12H18N6O2/c1-7(2)4-14-8(19)5-18-10-9(17-12(18)13)11(20-3)16-6-15-10/h6-7H,4-5H2,1-3H3,(H2,13,17)(H,14,19). The first-order chi connectivity index (χ1) is 9.52. The van der Waals surface area contributed by atoms with Gasteiger partial charge in [-0.25, -0.2) is 9.97 Å². The van der Waals surface area contributed by atoms with Gasteiger partial charge in [-0.05, 0) is 5.92 Å². The third-order valence-corrected chi connectivity index (χ3v) is 2.73. The lowest BCUT2D eigenvalue weighted by molar-refractivity contribution is -0.121. The van der Waals surface area contributed by atoms with Crippen molar-refractivity contribution >= 4 is 23.0 Å². The molecule has 20 heavy (non-hydrogen) atoms. The van der Waals surface area contributed by atoms with E-state index in [0.717, 1.165) is 0 Å². The topological polar surface area (TPSA) is 108 Å². The van der Waals surface area contributed by atoms with Crippen LogP contribution in [0.2, 0.25) is 0 Å². The van der Waals surface area contributed by atoms with Crippen molar-refractivity contribution < 1.29 is 9.53 Å². The number of nitrogens with one attached hydrogen (secondary N) is 1. The van der Waals surface area contributed by atoms with Crippen molar-refractivity contribution in [1.29, 1.82) is 0 Å². The van der Waals surface area contributed by atoms with E-state index in [1.54, 1.807) is 0 Å². The number of hydrogen-bond acceptors (Lipinski definition) is 6. The van der Waals surface area contributed by atoms with Crippen molar-refractivity contribution in [3.63, 3.8) is 0 Å². The number of anilines is 1. The molecule has 108 valence electrons. The molecule has 0 aliphatic heterocycles. The molecule has 2 aromatic heterocycles. The number of rotatable bonds is 5. The number of nitrogens with two attached hydrogens (primary N) is 1. The monoisotopic (exact) mass is 278 g/mol. The molecule has 0 aliphatic rings. The molecular weight excluding hydrogens is 260 g/mol. The molecule has 0 spiro atoms. The summed E-state index contributed by atoms with van der Waals surface area (Å²) in [6.07, 6.45) is 1.35. The normalized spacial score (nSPS) is 11.0. The third-order valence-electron chi connectivity index (χ3n) is 2.73. The molecule has 2 aromatic rings. The lowest BCUT2D eigenvalue weighted by Gasteiger charge is -2.09. The summed E-state index contributed by atoms with van der Waals surface area (Å²) in [5, 5.41) is 2.82. The number of amides is 1. The van der Waals surface area contributed by atoms with Gasteiger partial charge in [0.1, 0.15) is 12.9 Å². The minimum Gasteiger partial charge on any atom is -0.479 e. The first-order valence-corrected chi connectivity index (χ1v) is 6.30. The van der Waals surface area contributed by atoms with Crippen molar-refractivity contribution in [2.24, 2.45) is 5.92 Å². The quantitative estimate of drug-likeness (QED) is 0.808. The van der Waals surface area contributed by atoms with E-state index < -0.39 is 0 Å². The lowest BCUT2D eigenvalue weighted by atomic mass is 10.2. The highest BCUT2D eigenvalue weighted by molar-refractivity contribution is 5.82. The summed E-state index contributed by atoms with van der Waals surface area (Å²) in [6, 6.07) is 0. The van der Waals surface area contributed by atoms with E-state index >= 15 is 0 Å². The molecule has 0 saturated carbocycles. The highest BCUT2D eigenvalue weighted by atomic mass is 16.5. The lowest BCUT2D eigenvalue weighted by Crippen LogP contribution is -2.31. The van der Waals surface area contributed by atoms with Gasteiger partial charge in [0.05, 0.1) is 7.11 Å². The van der Waals surface area contributed by atoms with Crippen LogP contribution in [0.4, 0.5) is 5.95 Å². The molecule has 8 nitrogen and oxygen atoms in total. The van der Waals surface area contributed by atoms with Gasteiger partial charge in [0.15, 0.2) is 11.2 Å². The number of ether oxygens (including phenoxy) is 1. The molecule has 0 bridgehead atoms. The Bertz CT molecular complexity index is 622. The van der Waals surface area contributed by atoms with Crippen LogP contribution in [-0.4, -0.2) is 39.1 Å². The third kappa shape index (κ3) is 2.79. The summed E-state index contributed by atoms with van der Waals surface area (Å²) >= 11 is 0. The van der Waals surface area contributed by atoms with E-state index in [1.165, 1.54) is 18.0 Å². The minimum atomic E-state index is -0.137. The second-order valence-corrected chi connectivity index (χ2v) is 4.81. The van der Waals surface area contributed by atoms with E-state index in [2.05, 4.69) is 20.3 Å². The fraction of sp³-hybridized carbons (Fsp3) is 0.500. The van der Waals surface area contributed by atoms with E-state index in [-0.39, 0.29) is 18.4 Å². The maximum Gasteiger partial charge on any atom is 0.245 e. The first kappa shape index (κ1) is 14.0. The second-order valence-electron chi connectivity index (χ2n) is 4.81. The molecule has 0 unspecified atom stereocenters. The number of carbonyl (C=O) groups is 1. The first-order valence-electron chi connectivity index (χ1n) is 6.30. The fourth-order valence-corrected chi connectivity index (χ4v) is 1.76. The Hall–Kier alpha value is -2.38. The fourth-order valence-electron chi connectivity index (χ4n) is 1.76. The highest BCUT2D eigenvalue weighted by Crippen LogP contribution is 2.22. The van der Waals surface area contributed by atoms with Crippen molar-refractivity contribution in [2.45, 2.75) is 20.4 Å². The van der Waals surface area contributed by atoms with Crippen LogP contribution < -0.4 is 15.8 Å². The van der Waals surface area contributed by atoms with Gasteiger partial charge in [-0.1, -0.05) is 13.8 Å². The zero-order valence-electron chi connectivity index (χ0n) is 11.8. The summed E-state index contributed by atoms with van der Waals surface area (Å²) in [5.74, 6) is 0.794. The average Bonchev–Trinajstić information content (AvgIpc) is 2.73. The maximum absolute atomic E-state index is 11.9. The Balaban J connectivity index is 2.26. The zero-order chi connectivity index (χ0) is 14.7. The second kappa shape index (κ2) is 5.72. The van der Waals surface area contributed by atoms with Crippen LogP contribution in [0.25, 0.3) is 11.2 Å². The summed E-state index contributed by atoms with van der Waals surface area (Å²) in [6.45, 7) is 4.73. The predicted molar refractivity (Wildman–Crippen MR) is 74.1 cm³/mol. The van der Waals surface area contributed by atoms with Crippen molar-refractivity contribution in [3.05, 3.63) is 6.33 Å². The number of hydrogen-bond donors (Lipinski definition) is 2. The van der Waals surface area contributed by atoms with Crippen LogP contribution in [-0.2, 0) is 11.3 Å². The molecule has 0 aromatic carbocycles. The molecular formula is C12H18N6O2. The van der Waals surface area contributed by atoms with Gasteiger partial charge in [0.25, 0.3) is 0 Å². The Labute approximate surface area is 116 Å². The summed E-state index contributed by atoms with van der Waals surface area (Å²) in [4.78, 5) is 24.1. The summed E-state index contributed by atoms with van der Waals surface area (Å²) in [7, 11) is 1.49. The van der Waals surface area contributed by atoms with E-state index in [1.807, 2.05) is 13.8 Å². The Morgan fingerprint density at radius 2 is 2.25 bits per heavy atom. The number of aromatic nitrogens is 4. The molecule has 0 atom stereocenters. The van der Waals surface area contributed by atoms with Crippen molar-refractivity contribution in [2.75, 3.05) is 19.4 Å². The highest BCUT2D eigenvalue weighted by Gasteiger charge is 2.16. The number of nitrogens with zero attached hydrogens (tertiary/aromatic N) is 4. The molecule has 3 N–H and O–H groups in total. The predicted octanol–water partition coefficient (Wildman–Crippen LogP) is 0.189. The van der Waals surface area contributed by atoms with Crippen LogP contribution in [0.5, 0.6) is 5.88 Å². The Morgan fingerprint density at radius 1 is 1.50 bits per heavy atom. The molecule has 1 amide bonds. The SMILES string of the molecule is COc1ncnc2c1nc(N)n2CC(=O)NCC(C)C. The molecule has 2 rings (SSSR count). The maximum atomic E-state index is 11.9. The van der Waals surface area contributed by atoms with Gasteiger partial charge in [-0.2, -0.15) is 4.98 Å². The zero-order valence-corrected chi connectivity index (χ0v) is 11.8. The Morgan fingerprint density at radius 3 is 2.90 bits per heavy atom. The van der Waals surface area contributed by atoms with Crippen molar-refractivity contribution in [1.82, 2.24) is 24.8 Å². The van der Waals surface area contributed by atoms with Crippen LogP contribution in [0.1, 0.15) is 13.8 Å². The van der Waals surface area contributed by atoms with Gasteiger partial charge in [-0.15, -0.1) is 0 Å². The number of imidazole rings is 1. The summed E-state index contributed by atoms with van der Waals surface area (Å²) < 4.78 is 6.63. The molecule has 0 fully saturated rings. The number of fused-ring (bicyclic) bond motifs is 1. The molecule has 0 saturated heterocycles. The smallest absolute Gasteiger partial charge is 0.245 e. The van der Waals surface area contributed by atoms with Crippen LogP contribution in [0, 0.1) is 5.92 Å². The molecule has 2 heterocycles. The van der Waals surface area contributed by atoms with Gasteiger partial charge in [0, 0.05) is 6.54 Å². The largest absolute Gasteiger partial charge is 0.479 e. The summed E-state index contributed by atoms with van der Waals surface area (Å²) in [5.41, 5.74) is 6.76. The molecule has 0 radical (unpaired) electrons. The van der Waals surface area contributed by atoms with Gasteiger partial charge < -0.3 is 15.8 Å². The average molecular weight is 278 g/mol. The molecule has 8 heteroatoms. The van der Waals surface area contributed by atoms with E-state index in [0.29, 0.717) is 29.5 Å². The van der Waals surface area contributed by atoms with Gasteiger partial charge in [-0.3, -0.25) is 9.36 Å². The number of carbonyl (C=O) groups excluding carboxylic acids is 1. The molecule has 0 aliphatic carbocycles. The van der Waals surface area contributed by atoms with Crippen molar-refractivity contribution in [3.8, 4) is 5.88 Å². The van der Waals surface area contributed by atoms with Crippen LogP contribution in [0.15, 0.2) is 6.33 Å². The van der Waals surface area contributed by atoms with Gasteiger partial charge in [0.2, 0.25) is 17.7 Å². The van der Waals surface area contributed by atoms with E-state index in [9.17, 15) is 4.79 Å². The van der Waals surface area contributed by atoms with Crippen LogP contribution >= 0.6 is 0 Å². The number of methoxy groups -OCH3 is 1. The van der Waals surface area contributed by atoms with Crippen LogP contribution in [0.3, 0.4) is 0 Å². The Kier molecular flexibility index (Phi) is 4.02. The number of nitrogen functional groups attached to an aromatic ring is 1. The van der Waals surface area contributed by atoms with E-state index in [4.69, 9.17) is 10.5 Å². The minimum absolute atomic E-state index is 0.0647. The van der Waals surface area contributed by atoms with Gasteiger partial charge >= 0.3 is 0 Å².